The Morgan fingerprint density at radius 1 is 0.939 bits per heavy atom. The molecular formula is C28H27N3O2. The smallest absolute Gasteiger partial charge is 0.272 e. The quantitative estimate of drug-likeness (QED) is 0.432. The number of aromatic nitrogens is 2. The third-order valence-electron chi connectivity index (χ3n) is 6.31. The van der Waals surface area contributed by atoms with Crippen LogP contribution in [0.15, 0.2) is 72.8 Å². The molecule has 1 aliphatic rings. The van der Waals surface area contributed by atoms with Gasteiger partial charge in [-0.1, -0.05) is 42.0 Å². The van der Waals surface area contributed by atoms with Gasteiger partial charge in [-0.05, 0) is 73.4 Å². The molecule has 0 aliphatic carbocycles. The zero-order chi connectivity index (χ0) is 22.9. The van der Waals surface area contributed by atoms with Crippen molar-refractivity contribution in [3.8, 4) is 22.7 Å². The van der Waals surface area contributed by atoms with Gasteiger partial charge in [0.15, 0.2) is 0 Å². The first-order valence-electron chi connectivity index (χ1n) is 11.2. The van der Waals surface area contributed by atoms with Gasteiger partial charge in [-0.25, -0.2) is 4.68 Å². The standard InChI is InChI=1S/C28H27N3O2/c1-19-8-13-26(20(2)16-19)31-27(17-25(29-31)22-9-11-24(33-3)12-10-22)28(32)30-15-14-21-6-4-5-7-23(21)18-30/h4-13,16-17H,14-15,18H2,1-3H3. The van der Waals surface area contributed by atoms with Crippen LogP contribution in [0.3, 0.4) is 0 Å². The molecule has 5 rings (SSSR count). The minimum Gasteiger partial charge on any atom is -0.497 e. The van der Waals surface area contributed by atoms with Gasteiger partial charge in [0, 0.05) is 18.7 Å². The first-order valence-corrected chi connectivity index (χ1v) is 11.2. The zero-order valence-corrected chi connectivity index (χ0v) is 19.2. The van der Waals surface area contributed by atoms with Crippen molar-refractivity contribution in [2.75, 3.05) is 13.7 Å². The number of hydrogen-bond donors (Lipinski definition) is 0. The Kier molecular flexibility index (Phi) is 5.47. The van der Waals surface area contributed by atoms with Crippen molar-refractivity contribution in [1.29, 1.82) is 0 Å². The third kappa shape index (κ3) is 4.02. The lowest BCUT2D eigenvalue weighted by atomic mass is 9.99. The maximum absolute atomic E-state index is 13.8. The second kappa shape index (κ2) is 8.58. The summed E-state index contributed by atoms with van der Waals surface area (Å²) in [5.74, 6) is 0.785. The van der Waals surface area contributed by atoms with Crippen LogP contribution in [0.5, 0.6) is 5.75 Å². The predicted molar refractivity (Wildman–Crippen MR) is 130 cm³/mol. The summed E-state index contributed by atoms with van der Waals surface area (Å²) in [4.78, 5) is 15.7. The van der Waals surface area contributed by atoms with Crippen molar-refractivity contribution >= 4 is 5.91 Å². The largest absolute Gasteiger partial charge is 0.497 e. The first kappa shape index (κ1) is 21.0. The molecule has 5 nitrogen and oxygen atoms in total. The van der Waals surface area contributed by atoms with E-state index in [4.69, 9.17) is 9.84 Å². The molecule has 2 heterocycles. The molecule has 0 spiro atoms. The normalized spacial score (nSPS) is 13.0. The van der Waals surface area contributed by atoms with Gasteiger partial charge in [-0.2, -0.15) is 5.10 Å². The number of rotatable bonds is 4. The van der Waals surface area contributed by atoms with Gasteiger partial charge in [-0.3, -0.25) is 4.79 Å². The summed E-state index contributed by atoms with van der Waals surface area (Å²) in [6.07, 6.45) is 0.866. The zero-order valence-electron chi connectivity index (χ0n) is 19.2. The molecule has 5 heteroatoms. The lowest BCUT2D eigenvalue weighted by molar-refractivity contribution is 0.0725. The maximum Gasteiger partial charge on any atom is 0.272 e. The SMILES string of the molecule is COc1ccc(-c2cc(C(=O)N3CCc4ccccc4C3)n(-c3ccc(C)cc3C)n2)cc1. The second-order valence-corrected chi connectivity index (χ2v) is 8.59. The van der Waals surface area contributed by atoms with Crippen LogP contribution in [-0.2, 0) is 13.0 Å². The Morgan fingerprint density at radius 3 is 2.42 bits per heavy atom. The lowest BCUT2D eigenvalue weighted by Crippen LogP contribution is -2.37. The number of benzene rings is 3. The number of fused-ring (bicyclic) bond motifs is 1. The number of ether oxygens (including phenoxy) is 1. The summed E-state index contributed by atoms with van der Waals surface area (Å²) in [5.41, 5.74) is 7.99. The van der Waals surface area contributed by atoms with Crippen molar-refractivity contribution in [3.63, 3.8) is 0 Å². The monoisotopic (exact) mass is 437 g/mol. The van der Waals surface area contributed by atoms with E-state index in [1.807, 2.05) is 47.4 Å². The molecule has 0 fully saturated rings. The van der Waals surface area contributed by atoms with Crippen LogP contribution in [0.25, 0.3) is 16.9 Å². The second-order valence-electron chi connectivity index (χ2n) is 8.59. The van der Waals surface area contributed by atoms with Gasteiger partial charge in [0.2, 0.25) is 0 Å². The molecule has 0 unspecified atom stereocenters. The van der Waals surface area contributed by atoms with Crippen molar-refractivity contribution in [1.82, 2.24) is 14.7 Å². The minimum atomic E-state index is -0.00302. The van der Waals surface area contributed by atoms with Gasteiger partial charge in [0.25, 0.3) is 5.91 Å². The van der Waals surface area contributed by atoms with Crippen LogP contribution < -0.4 is 4.74 Å². The average molecular weight is 438 g/mol. The molecular weight excluding hydrogens is 410 g/mol. The van der Waals surface area contributed by atoms with Crippen molar-refractivity contribution in [3.05, 3.63) is 101 Å². The highest BCUT2D eigenvalue weighted by molar-refractivity contribution is 5.94. The van der Waals surface area contributed by atoms with Gasteiger partial charge in [-0.15, -0.1) is 0 Å². The van der Waals surface area contributed by atoms with Gasteiger partial charge in [0.05, 0.1) is 18.5 Å². The molecule has 1 aromatic heterocycles. The van der Waals surface area contributed by atoms with E-state index in [2.05, 4.69) is 44.2 Å². The molecule has 0 radical (unpaired) electrons. The van der Waals surface area contributed by atoms with Crippen LogP contribution >= 0.6 is 0 Å². The molecule has 0 bridgehead atoms. The number of carbonyl (C=O) groups is 1. The number of aryl methyl sites for hydroxylation is 2. The van der Waals surface area contributed by atoms with Crippen molar-refractivity contribution in [2.45, 2.75) is 26.8 Å². The fourth-order valence-corrected chi connectivity index (χ4v) is 4.49. The highest BCUT2D eigenvalue weighted by Gasteiger charge is 2.26. The Labute approximate surface area is 194 Å². The van der Waals surface area contributed by atoms with Gasteiger partial charge >= 0.3 is 0 Å². The van der Waals surface area contributed by atoms with E-state index in [1.165, 1.54) is 16.7 Å². The Balaban J connectivity index is 1.57. The van der Waals surface area contributed by atoms with E-state index in [9.17, 15) is 4.79 Å². The fourth-order valence-electron chi connectivity index (χ4n) is 4.49. The molecule has 0 N–H and O–H groups in total. The molecule has 4 aromatic rings. The summed E-state index contributed by atoms with van der Waals surface area (Å²) < 4.78 is 7.09. The minimum absolute atomic E-state index is 0.00302. The summed E-state index contributed by atoms with van der Waals surface area (Å²) in [6.45, 7) is 5.44. The van der Waals surface area contributed by atoms with Crippen LogP contribution in [0.2, 0.25) is 0 Å². The fraction of sp³-hybridized carbons (Fsp3) is 0.214. The number of carbonyl (C=O) groups excluding carboxylic acids is 1. The van der Waals surface area contributed by atoms with Crippen LogP contribution in [0, 0.1) is 13.8 Å². The summed E-state index contributed by atoms with van der Waals surface area (Å²) >= 11 is 0. The van der Waals surface area contributed by atoms with E-state index in [0.717, 1.165) is 34.7 Å². The van der Waals surface area contributed by atoms with Crippen LogP contribution in [0.4, 0.5) is 0 Å². The van der Waals surface area contributed by atoms with Gasteiger partial charge < -0.3 is 9.64 Å². The summed E-state index contributed by atoms with van der Waals surface area (Å²) in [6, 6.07) is 24.2. The molecule has 3 aromatic carbocycles. The highest BCUT2D eigenvalue weighted by atomic mass is 16.5. The number of nitrogens with zero attached hydrogens (tertiary/aromatic N) is 3. The van der Waals surface area contributed by atoms with Crippen molar-refractivity contribution < 1.29 is 9.53 Å². The Morgan fingerprint density at radius 2 is 1.70 bits per heavy atom. The van der Waals surface area contributed by atoms with Crippen LogP contribution in [-0.4, -0.2) is 34.2 Å². The highest BCUT2D eigenvalue weighted by Crippen LogP contribution is 2.28. The Bertz CT molecular complexity index is 1320. The summed E-state index contributed by atoms with van der Waals surface area (Å²) in [7, 11) is 1.65. The molecule has 0 atom stereocenters. The van der Waals surface area contributed by atoms with Crippen LogP contribution in [0.1, 0.15) is 32.7 Å². The number of methoxy groups -OCH3 is 1. The molecule has 0 saturated carbocycles. The molecule has 1 aliphatic heterocycles. The number of hydrogen-bond acceptors (Lipinski definition) is 3. The maximum atomic E-state index is 13.8. The Hall–Kier alpha value is -3.86. The predicted octanol–water partition coefficient (Wildman–Crippen LogP) is 5.36. The molecule has 1 amide bonds. The average Bonchev–Trinajstić information content (AvgIpc) is 3.28. The van der Waals surface area contributed by atoms with Crippen molar-refractivity contribution in [2.24, 2.45) is 0 Å². The van der Waals surface area contributed by atoms with Gasteiger partial charge in [0.1, 0.15) is 11.4 Å². The molecule has 166 valence electrons. The third-order valence-corrected chi connectivity index (χ3v) is 6.31. The van der Waals surface area contributed by atoms with E-state index >= 15 is 0 Å². The number of amides is 1. The summed E-state index contributed by atoms with van der Waals surface area (Å²) in [5, 5.41) is 4.89. The lowest BCUT2D eigenvalue weighted by Gasteiger charge is -2.29. The van der Waals surface area contributed by atoms with E-state index < -0.39 is 0 Å². The first-order chi connectivity index (χ1) is 16.0. The molecule has 0 saturated heterocycles. The van der Waals surface area contributed by atoms with E-state index in [0.29, 0.717) is 18.8 Å². The van der Waals surface area contributed by atoms with E-state index in [-0.39, 0.29) is 5.91 Å². The molecule has 33 heavy (non-hydrogen) atoms. The van der Waals surface area contributed by atoms with E-state index in [1.54, 1.807) is 11.8 Å². The topological polar surface area (TPSA) is 47.4 Å².